The van der Waals surface area contributed by atoms with Gasteiger partial charge in [-0.15, -0.1) is 0 Å². The van der Waals surface area contributed by atoms with E-state index in [-0.39, 0.29) is 28.5 Å². The molecule has 2 N–H and O–H groups in total. The van der Waals surface area contributed by atoms with Gasteiger partial charge in [0.05, 0.1) is 27.0 Å². The molecule has 5 rings (SSSR count). The molecule has 0 aliphatic heterocycles. The number of benzene rings is 2. The van der Waals surface area contributed by atoms with Gasteiger partial charge >= 0.3 is 0 Å². The van der Waals surface area contributed by atoms with Crippen LogP contribution in [0.4, 0.5) is 16.5 Å². The summed E-state index contributed by atoms with van der Waals surface area (Å²) < 4.78 is 11.4. The fourth-order valence-electron chi connectivity index (χ4n) is 3.26. The molecule has 3 heterocycles. The van der Waals surface area contributed by atoms with Crippen LogP contribution in [0.2, 0.25) is 0 Å². The van der Waals surface area contributed by atoms with Crippen LogP contribution in [-0.2, 0) is 0 Å². The highest BCUT2D eigenvalue weighted by molar-refractivity contribution is 7.22. The predicted octanol–water partition coefficient (Wildman–Crippen LogP) is 5.56. The molecule has 0 atom stereocenters. The molecule has 0 spiro atoms. The van der Waals surface area contributed by atoms with Crippen LogP contribution >= 0.6 is 11.3 Å². The van der Waals surface area contributed by atoms with Crippen LogP contribution in [0.5, 0.6) is 0 Å². The van der Waals surface area contributed by atoms with Crippen molar-refractivity contribution in [3.05, 3.63) is 94.6 Å². The average Bonchev–Trinajstić information content (AvgIpc) is 3.59. The Morgan fingerprint density at radius 1 is 0.941 bits per heavy atom. The molecule has 5 aromatic rings. The molecule has 0 aliphatic rings. The molecule has 0 saturated carbocycles. The fraction of sp³-hybridized carbons (Fsp3) is 0. The van der Waals surface area contributed by atoms with Gasteiger partial charge in [-0.1, -0.05) is 23.5 Å². The molecule has 0 bridgehead atoms. The predicted molar refractivity (Wildman–Crippen MR) is 125 cm³/mol. The molecule has 34 heavy (non-hydrogen) atoms. The molecular weight excluding hydrogens is 460 g/mol. The Morgan fingerprint density at radius 2 is 1.76 bits per heavy atom. The maximum atomic E-state index is 12.7. The van der Waals surface area contributed by atoms with Crippen LogP contribution in [0.3, 0.4) is 0 Å². The van der Waals surface area contributed by atoms with E-state index in [4.69, 9.17) is 8.83 Å². The molecule has 0 unspecified atom stereocenters. The first kappa shape index (κ1) is 21.1. The molecule has 2 amide bonds. The number of fused-ring (bicyclic) bond motifs is 1. The van der Waals surface area contributed by atoms with Crippen molar-refractivity contribution in [2.24, 2.45) is 0 Å². The van der Waals surface area contributed by atoms with Crippen LogP contribution in [0.1, 0.15) is 21.1 Å². The van der Waals surface area contributed by atoms with Gasteiger partial charge in [0.15, 0.2) is 16.7 Å². The monoisotopic (exact) mass is 474 g/mol. The number of nitro benzene ring substituents is 1. The topological polar surface area (TPSA) is 141 Å². The number of thiazole rings is 1. The van der Waals surface area contributed by atoms with Crippen LogP contribution in [0.15, 0.2) is 81.8 Å². The van der Waals surface area contributed by atoms with Gasteiger partial charge in [-0.25, -0.2) is 4.98 Å². The average molecular weight is 474 g/mol. The number of anilines is 2. The Kier molecular flexibility index (Phi) is 5.36. The zero-order chi connectivity index (χ0) is 23.7. The van der Waals surface area contributed by atoms with E-state index in [2.05, 4.69) is 15.6 Å². The maximum absolute atomic E-state index is 12.7. The lowest BCUT2D eigenvalue weighted by Gasteiger charge is -2.03. The molecule has 0 saturated heterocycles. The van der Waals surface area contributed by atoms with Crippen molar-refractivity contribution in [2.75, 3.05) is 10.6 Å². The second kappa shape index (κ2) is 8.64. The minimum absolute atomic E-state index is 0.00366. The normalized spacial score (nSPS) is 10.8. The third kappa shape index (κ3) is 4.14. The minimum Gasteiger partial charge on any atom is -0.459 e. The van der Waals surface area contributed by atoms with Crippen LogP contribution < -0.4 is 10.6 Å². The number of para-hydroxylation sites is 1. The number of amides is 2. The van der Waals surface area contributed by atoms with Gasteiger partial charge in [0, 0.05) is 11.8 Å². The highest BCUT2D eigenvalue weighted by Gasteiger charge is 2.19. The molecule has 168 valence electrons. The summed E-state index contributed by atoms with van der Waals surface area (Å²) in [5.74, 6) is -0.535. The Balaban J connectivity index is 1.32. The molecule has 2 aromatic carbocycles. The Hall–Kier alpha value is -4.77. The van der Waals surface area contributed by atoms with Crippen molar-refractivity contribution >= 4 is 49.9 Å². The van der Waals surface area contributed by atoms with Gasteiger partial charge in [0.25, 0.3) is 17.5 Å². The van der Waals surface area contributed by atoms with Crippen molar-refractivity contribution in [1.29, 1.82) is 0 Å². The lowest BCUT2D eigenvalue weighted by molar-refractivity contribution is -0.384. The zero-order valence-electron chi connectivity index (χ0n) is 17.2. The first-order valence-electron chi connectivity index (χ1n) is 9.88. The summed E-state index contributed by atoms with van der Waals surface area (Å²) in [7, 11) is 0. The first-order chi connectivity index (χ1) is 16.5. The SMILES string of the molecule is O=C(Nc1nc2ccc(NC(=O)c3ccc(-c4ccccc4[N+](=O)[O-])o3)cc2s1)c1ccco1. The first-order valence-corrected chi connectivity index (χ1v) is 10.7. The molecular formula is C23H14N4O6S. The van der Waals surface area contributed by atoms with E-state index in [0.717, 1.165) is 4.70 Å². The fourth-order valence-corrected chi connectivity index (χ4v) is 4.16. The summed E-state index contributed by atoms with van der Waals surface area (Å²) in [6.07, 6.45) is 1.41. The number of hydrogen-bond acceptors (Lipinski definition) is 8. The maximum Gasteiger partial charge on any atom is 0.293 e. The number of carbonyl (C=O) groups excluding carboxylic acids is 2. The number of furan rings is 2. The Morgan fingerprint density at radius 3 is 2.56 bits per heavy atom. The van der Waals surface area contributed by atoms with Gasteiger partial charge in [0.2, 0.25) is 0 Å². The quantitative estimate of drug-likeness (QED) is 0.242. The number of nitrogens with zero attached hydrogens (tertiary/aromatic N) is 2. The standard InChI is InChI=1S/C23H14N4O6S/c28-21(18-6-3-11-32-18)26-23-25-15-8-7-13(12-20(15)34-23)24-22(29)19-10-9-17(33-19)14-4-1-2-5-16(14)27(30)31/h1-12H,(H,24,29)(H,25,26,28). The summed E-state index contributed by atoms with van der Waals surface area (Å²) in [6, 6.07) is 17.4. The van der Waals surface area contributed by atoms with E-state index < -0.39 is 16.7 Å². The number of nitrogens with one attached hydrogen (secondary N) is 2. The minimum atomic E-state index is -0.514. The molecule has 10 nitrogen and oxygen atoms in total. The van der Waals surface area contributed by atoms with E-state index in [1.54, 1.807) is 48.5 Å². The summed E-state index contributed by atoms with van der Waals surface area (Å²) in [4.78, 5) is 39.9. The number of aromatic nitrogens is 1. The smallest absolute Gasteiger partial charge is 0.293 e. The zero-order valence-corrected chi connectivity index (χ0v) is 18.0. The van der Waals surface area contributed by atoms with E-state index in [0.29, 0.717) is 16.3 Å². The summed E-state index contributed by atoms with van der Waals surface area (Å²) >= 11 is 1.24. The molecule has 11 heteroatoms. The van der Waals surface area contributed by atoms with Crippen LogP contribution in [-0.4, -0.2) is 21.7 Å². The van der Waals surface area contributed by atoms with Crippen LogP contribution in [0.25, 0.3) is 21.5 Å². The number of carbonyl (C=O) groups is 2. The highest BCUT2D eigenvalue weighted by atomic mass is 32.1. The number of nitro groups is 1. The molecule has 0 radical (unpaired) electrons. The summed E-state index contributed by atoms with van der Waals surface area (Å²) in [6.45, 7) is 0. The van der Waals surface area contributed by atoms with Crippen molar-refractivity contribution in [1.82, 2.24) is 4.98 Å². The molecule has 0 aliphatic carbocycles. The van der Waals surface area contributed by atoms with E-state index in [9.17, 15) is 19.7 Å². The van der Waals surface area contributed by atoms with Crippen LogP contribution in [0, 0.1) is 10.1 Å². The third-order valence-electron chi connectivity index (χ3n) is 4.81. The van der Waals surface area contributed by atoms with Crippen molar-refractivity contribution < 1.29 is 23.3 Å². The summed E-state index contributed by atoms with van der Waals surface area (Å²) in [5.41, 5.74) is 1.30. The Bertz CT molecular complexity index is 1540. The second-order valence-corrected chi connectivity index (χ2v) is 8.06. The molecule has 3 aromatic heterocycles. The largest absolute Gasteiger partial charge is 0.459 e. The second-order valence-electron chi connectivity index (χ2n) is 7.03. The number of rotatable bonds is 6. The number of hydrogen-bond donors (Lipinski definition) is 2. The van der Waals surface area contributed by atoms with Crippen molar-refractivity contribution in [3.63, 3.8) is 0 Å². The Labute approximate surface area is 195 Å². The molecule has 0 fully saturated rings. The van der Waals surface area contributed by atoms with Gasteiger partial charge in [-0.3, -0.25) is 25.0 Å². The van der Waals surface area contributed by atoms with E-state index >= 15 is 0 Å². The van der Waals surface area contributed by atoms with Gasteiger partial charge in [-0.2, -0.15) is 0 Å². The van der Waals surface area contributed by atoms with Gasteiger partial charge in [0.1, 0.15) is 5.76 Å². The third-order valence-corrected chi connectivity index (χ3v) is 5.74. The highest BCUT2D eigenvalue weighted by Crippen LogP contribution is 2.32. The van der Waals surface area contributed by atoms with E-state index in [1.807, 2.05) is 0 Å². The van der Waals surface area contributed by atoms with Crippen molar-refractivity contribution in [2.45, 2.75) is 0 Å². The lowest BCUT2D eigenvalue weighted by Crippen LogP contribution is -2.10. The van der Waals surface area contributed by atoms with Gasteiger partial charge < -0.3 is 14.2 Å². The lowest BCUT2D eigenvalue weighted by atomic mass is 10.1. The van der Waals surface area contributed by atoms with Crippen molar-refractivity contribution in [3.8, 4) is 11.3 Å². The van der Waals surface area contributed by atoms with E-state index in [1.165, 1.54) is 35.8 Å². The summed E-state index contributed by atoms with van der Waals surface area (Å²) in [5, 5.41) is 17.1. The van der Waals surface area contributed by atoms with Gasteiger partial charge in [-0.05, 0) is 48.5 Å².